The lowest BCUT2D eigenvalue weighted by atomic mass is 9.95. The molecule has 1 aliphatic rings. The molecule has 1 amide bonds. The van der Waals surface area contributed by atoms with E-state index in [9.17, 15) is 19.8 Å². The van der Waals surface area contributed by atoms with Crippen molar-refractivity contribution in [1.82, 2.24) is 10.2 Å². The summed E-state index contributed by atoms with van der Waals surface area (Å²) in [6.07, 6.45) is 0. The van der Waals surface area contributed by atoms with Gasteiger partial charge in [-0.05, 0) is 29.6 Å². The molecule has 2 aromatic heterocycles. The van der Waals surface area contributed by atoms with Gasteiger partial charge >= 0.3 is 0 Å². The van der Waals surface area contributed by atoms with Crippen LogP contribution in [-0.2, 0) is 4.79 Å². The van der Waals surface area contributed by atoms with Crippen molar-refractivity contribution in [2.24, 2.45) is 0 Å². The van der Waals surface area contributed by atoms with Gasteiger partial charge in [0.1, 0.15) is 17.3 Å². The molecular formula is C17H10BrN3O4S2. The molecule has 7 nitrogen and oxygen atoms in total. The lowest BCUT2D eigenvalue weighted by Crippen LogP contribution is -2.31. The number of phenols is 1. The second-order valence-electron chi connectivity index (χ2n) is 5.57. The second kappa shape index (κ2) is 6.87. The Hall–Kier alpha value is -2.56. The van der Waals surface area contributed by atoms with Crippen LogP contribution >= 0.6 is 38.6 Å². The fourth-order valence-electron chi connectivity index (χ4n) is 2.89. The molecule has 0 aliphatic carbocycles. The highest BCUT2D eigenvalue weighted by atomic mass is 79.9. The fraction of sp³-hybridized carbons (Fsp3) is 0.0588. The van der Waals surface area contributed by atoms with E-state index in [2.05, 4.69) is 26.1 Å². The summed E-state index contributed by atoms with van der Waals surface area (Å²) in [5, 5.41) is 30.5. The molecule has 0 bridgehead atoms. The molecule has 136 valence electrons. The number of hydrogen-bond donors (Lipinski definition) is 2. The Balaban J connectivity index is 1.93. The van der Waals surface area contributed by atoms with Crippen molar-refractivity contribution in [3.05, 3.63) is 67.5 Å². The minimum absolute atomic E-state index is 0.106. The van der Waals surface area contributed by atoms with Crippen LogP contribution in [0.4, 0.5) is 5.13 Å². The van der Waals surface area contributed by atoms with Crippen LogP contribution in [0.25, 0.3) is 0 Å². The van der Waals surface area contributed by atoms with E-state index < -0.39 is 23.5 Å². The number of halogens is 1. The van der Waals surface area contributed by atoms with Crippen molar-refractivity contribution >= 4 is 55.4 Å². The van der Waals surface area contributed by atoms with Gasteiger partial charge in [0.25, 0.3) is 5.91 Å². The van der Waals surface area contributed by atoms with Gasteiger partial charge in [-0.15, -0.1) is 21.5 Å². The number of anilines is 1. The van der Waals surface area contributed by atoms with Gasteiger partial charge in [0.05, 0.1) is 10.5 Å². The number of nitrogens with zero attached hydrogens (tertiary/aromatic N) is 3. The first-order chi connectivity index (χ1) is 13.0. The van der Waals surface area contributed by atoms with Crippen molar-refractivity contribution in [2.45, 2.75) is 6.04 Å². The first-order valence-electron chi connectivity index (χ1n) is 7.58. The third-order valence-corrected chi connectivity index (χ3v) is 6.09. The van der Waals surface area contributed by atoms with Gasteiger partial charge in [-0.3, -0.25) is 14.5 Å². The normalized spacial score (nSPS) is 17.0. The van der Waals surface area contributed by atoms with E-state index in [1.807, 2.05) is 0 Å². The van der Waals surface area contributed by atoms with Crippen LogP contribution in [0.15, 0.2) is 57.0 Å². The molecule has 1 unspecified atom stereocenters. The van der Waals surface area contributed by atoms with Gasteiger partial charge in [0.2, 0.25) is 10.9 Å². The van der Waals surface area contributed by atoms with E-state index >= 15 is 0 Å². The molecule has 0 spiro atoms. The number of Topliss-reactive ketones (excluding diaryl/α,β-unsaturated/α-hetero) is 1. The van der Waals surface area contributed by atoms with Crippen LogP contribution in [0, 0.1) is 0 Å². The van der Waals surface area contributed by atoms with E-state index in [1.165, 1.54) is 27.8 Å². The Morgan fingerprint density at radius 3 is 2.70 bits per heavy atom. The van der Waals surface area contributed by atoms with Crippen molar-refractivity contribution < 1.29 is 19.8 Å². The summed E-state index contributed by atoms with van der Waals surface area (Å²) in [4.78, 5) is 27.4. The molecule has 3 heterocycles. The van der Waals surface area contributed by atoms with Crippen LogP contribution < -0.4 is 4.90 Å². The molecule has 10 heteroatoms. The number of amides is 1. The number of aliphatic hydroxyl groups excluding tert-OH is 1. The fourth-order valence-corrected chi connectivity index (χ4v) is 4.53. The number of ketones is 1. The van der Waals surface area contributed by atoms with Gasteiger partial charge in [0, 0.05) is 10.0 Å². The molecule has 1 aromatic carbocycles. The smallest absolute Gasteiger partial charge is 0.296 e. The van der Waals surface area contributed by atoms with Gasteiger partial charge in [0.15, 0.2) is 5.76 Å². The summed E-state index contributed by atoms with van der Waals surface area (Å²) >= 11 is 5.63. The summed E-state index contributed by atoms with van der Waals surface area (Å²) in [6, 6.07) is 6.98. The minimum atomic E-state index is -1.03. The molecule has 4 rings (SSSR count). The maximum absolute atomic E-state index is 13.0. The third-order valence-electron chi connectivity index (χ3n) is 4.04. The van der Waals surface area contributed by atoms with E-state index in [4.69, 9.17) is 0 Å². The molecule has 2 N–H and O–H groups in total. The van der Waals surface area contributed by atoms with Crippen LogP contribution in [0.5, 0.6) is 5.75 Å². The third kappa shape index (κ3) is 2.95. The number of thiophene rings is 1. The molecule has 0 radical (unpaired) electrons. The first-order valence-corrected chi connectivity index (χ1v) is 10.1. The minimum Gasteiger partial charge on any atom is -0.508 e. The van der Waals surface area contributed by atoms with Gasteiger partial charge in [-0.2, -0.15) is 0 Å². The van der Waals surface area contributed by atoms with Crippen molar-refractivity contribution in [3.63, 3.8) is 0 Å². The van der Waals surface area contributed by atoms with Crippen molar-refractivity contribution in [1.29, 1.82) is 0 Å². The zero-order chi connectivity index (χ0) is 19.1. The average molecular weight is 464 g/mol. The maximum Gasteiger partial charge on any atom is 0.296 e. The zero-order valence-corrected chi connectivity index (χ0v) is 16.6. The zero-order valence-electron chi connectivity index (χ0n) is 13.4. The van der Waals surface area contributed by atoms with E-state index in [1.54, 1.807) is 29.6 Å². The predicted octanol–water partition coefficient (Wildman–Crippen LogP) is 3.85. The number of benzene rings is 1. The van der Waals surface area contributed by atoms with E-state index in [0.717, 1.165) is 11.3 Å². The van der Waals surface area contributed by atoms with Gasteiger partial charge in [-0.1, -0.05) is 33.3 Å². The van der Waals surface area contributed by atoms with Crippen LogP contribution in [0.2, 0.25) is 0 Å². The predicted molar refractivity (Wildman–Crippen MR) is 104 cm³/mol. The summed E-state index contributed by atoms with van der Waals surface area (Å²) in [6.45, 7) is 0. The number of aromatic hydroxyl groups is 1. The number of rotatable bonds is 4. The van der Waals surface area contributed by atoms with Crippen molar-refractivity contribution in [3.8, 4) is 5.75 Å². The topological polar surface area (TPSA) is 104 Å². The largest absolute Gasteiger partial charge is 0.508 e. The quantitative estimate of drug-likeness (QED) is 0.569. The summed E-state index contributed by atoms with van der Waals surface area (Å²) in [5.74, 6) is -2.02. The Kier molecular flexibility index (Phi) is 4.54. The highest BCUT2D eigenvalue weighted by molar-refractivity contribution is 9.10. The molecule has 0 saturated carbocycles. The number of aliphatic hydroxyl groups is 1. The number of carbonyl (C=O) groups excluding carboxylic acids is 2. The van der Waals surface area contributed by atoms with Crippen LogP contribution in [-0.4, -0.2) is 32.1 Å². The molecule has 27 heavy (non-hydrogen) atoms. The average Bonchev–Trinajstić information content (AvgIpc) is 3.39. The standard InChI is InChI=1S/C17H10BrN3O4S2/c18-8-3-4-10(22)9(6-8)13-12(14(23)11-2-1-5-26-11)15(24)16(25)21(13)17-20-19-7-27-17/h1-7,13,22,24H. The number of aromatic nitrogens is 2. The molecule has 0 saturated heterocycles. The Bertz CT molecular complexity index is 1060. The number of hydrogen-bond acceptors (Lipinski definition) is 8. The summed E-state index contributed by atoms with van der Waals surface area (Å²) < 4.78 is 0.647. The SMILES string of the molecule is O=C(C1=C(O)C(=O)N(c2nncs2)C1c1cc(Br)ccc1O)c1cccs1. The van der Waals surface area contributed by atoms with E-state index in [0.29, 0.717) is 9.35 Å². The monoisotopic (exact) mass is 463 g/mol. The lowest BCUT2D eigenvalue weighted by molar-refractivity contribution is -0.117. The van der Waals surface area contributed by atoms with Gasteiger partial charge < -0.3 is 10.2 Å². The number of carbonyl (C=O) groups is 2. The summed E-state index contributed by atoms with van der Waals surface area (Å²) in [7, 11) is 0. The molecule has 0 fully saturated rings. The van der Waals surface area contributed by atoms with E-state index in [-0.39, 0.29) is 22.0 Å². The lowest BCUT2D eigenvalue weighted by Gasteiger charge is -2.24. The van der Waals surface area contributed by atoms with Gasteiger partial charge in [-0.25, -0.2) is 0 Å². The molecular weight excluding hydrogens is 454 g/mol. The second-order valence-corrected chi connectivity index (χ2v) is 8.25. The Labute approximate surface area is 169 Å². The van der Waals surface area contributed by atoms with Crippen LogP contribution in [0.3, 0.4) is 0 Å². The Morgan fingerprint density at radius 1 is 1.22 bits per heavy atom. The van der Waals surface area contributed by atoms with Crippen LogP contribution in [0.1, 0.15) is 21.3 Å². The number of phenolic OH excluding ortho intramolecular Hbond substituents is 1. The molecule has 1 aliphatic heterocycles. The molecule has 1 atom stereocenters. The highest BCUT2D eigenvalue weighted by Gasteiger charge is 2.47. The maximum atomic E-state index is 13.0. The van der Waals surface area contributed by atoms with Crippen molar-refractivity contribution in [2.75, 3.05) is 4.90 Å². The molecule has 3 aromatic rings. The first kappa shape index (κ1) is 17.8. The highest BCUT2D eigenvalue weighted by Crippen LogP contribution is 2.45. The Morgan fingerprint density at radius 2 is 2.04 bits per heavy atom. The summed E-state index contributed by atoms with van der Waals surface area (Å²) in [5.41, 5.74) is 1.62.